The van der Waals surface area contributed by atoms with E-state index in [0.29, 0.717) is 22.6 Å². The molecule has 2 N–H and O–H groups in total. The van der Waals surface area contributed by atoms with Crippen LogP contribution in [0.25, 0.3) is 28.2 Å². The maximum atomic E-state index is 11.7. The number of para-hydroxylation sites is 1. The van der Waals surface area contributed by atoms with Crippen molar-refractivity contribution in [3.63, 3.8) is 0 Å². The van der Waals surface area contributed by atoms with Crippen molar-refractivity contribution in [2.75, 3.05) is 5.73 Å². The molecule has 0 spiro atoms. The van der Waals surface area contributed by atoms with Gasteiger partial charge in [0.25, 0.3) is 0 Å². The molecule has 0 amide bonds. The third kappa shape index (κ3) is 3.55. The molecule has 0 aliphatic carbocycles. The van der Waals surface area contributed by atoms with E-state index in [0.717, 1.165) is 21.1 Å². The van der Waals surface area contributed by atoms with Gasteiger partial charge in [0.1, 0.15) is 10.5 Å². The van der Waals surface area contributed by atoms with E-state index in [1.165, 1.54) is 11.8 Å². The Balaban J connectivity index is 1.65. The van der Waals surface area contributed by atoms with Crippen molar-refractivity contribution in [3.8, 4) is 17.2 Å². The average molecular weight is 428 g/mol. The number of ketones is 1. The number of benzene rings is 2. The number of carbonyl (C=O) groups excluding carboxylic acids is 1. The minimum Gasteiger partial charge on any atom is -0.379 e. The molecule has 9 heteroatoms. The van der Waals surface area contributed by atoms with Crippen LogP contribution < -0.4 is 5.73 Å². The highest BCUT2D eigenvalue weighted by Crippen LogP contribution is 2.33. The molecule has 0 bridgehead atoms. The molecule has 3 aromatic heterocycles. The van der Waals surface area contributed by atoms with Crippen molar-refractivity contribution >= 4 is 34.4 Å². The van der Waals surface area contributed by atoms with Gasteiger partial charge in [-0.1, -0.05) is 42.1 Å². The second-order valence-electron chi connectivity index (χ2n) is 6.80. The number of hydrogen-bond acceptors (Lipinski definition) is 8. The second-order valence-corrected chi connectivity index (χ2v) is 7.90. The van der Waals surface area contributed by atoms with Gasteiger partial charge in [-0.05, 0) is 47.6 Å². The summed E-state index contributed by atoms with van der Waals surface area (Å²) in [7, 11) is 0. The first-order valence-corrected chi connectivity index (χ1v) is 10.2. The predicted molar refractivity (Wildman–Crippen MR) is 117 cm³/mol. The average Bonchev–Trinajstić information content (AvgIpc) is 3.37. The molecule has 8 nitrogen and oxygen atoms in total. The summed E-state index contributed by atoms with van der Waals surface area (Å²) in [5, 5.41) is 8.38. The largest absolute Gasteiger partial charge is 0.379 e. The molecule has 0 unspecified atom stereocenters. The maximum absolute atomic E-state index is 11.7. The SMILES string of the molecule is CC(=O)c1cccc(Sc2cc3c(cn2)nc(-c2nonc2N)n3-c2ccccc2)c1. The molecule has 31 heavy (non-hydrogen) atoms. The van der Waals surface area contributed by atoms with E-state index in [9.17, 15) is 4.79 Å². The molecular formula is C22H16N6O2S. The van der Waals surface area contributed by atoms with Crippen LogP contribution in [0.2, 0.25) is 0 Å². The summed E-state index contributed by atoms with van der Waals surface area (Å²) in [6.45, 7) is 1.55. The molecule has 5 rings (SSSR count). The van der Waals surface area contributed by atoms with Crippen molar-refractivity contribution in [3.05, 3.63) is 72.4 Å². The predicted octanol–water partition coefficient (Wildman–Crippen LogP) is 4.41. The monoisotopic (exact) mass is 428 g/mol. The quantitative estimate of drug-likeness (QED) is 0.410. The van der Waals surface area contributed by atoms with Gasteiger partial charge in [-0.15, -0.1) is 0 Å². The van der Waals surface area contributed by atoms with Gasteiger partial charge in [0.05, 0.1) is 11.7 Å². The third-order valence-corrected chi connectivity index (χ3v) is 5.64. The van der Waals surface area contributed by atoms with Crippen LogP contribution in [0.5, 0.6) is 0 Å². The van der Waals surface area contributed by atoms with Gasteiger partial charge < -0.3 is 5.73 Å². The second kappa shape index (κ2) is 7.69. The van der Waals surface area contributed by atoms with Crippen LogP contribution in [0.1, 0.15) is 17.3 Å². The Morgan fingerprint density at radius 3 is 2.65 bits per heavy atom. The van der Waals surface area contributed by atoms with E-state index in [-0.39, 0.29) is 11.6 Å². The topological polar surface area (TPSA) is 113 Å². The molecule has 0 saturated carbocycles. The number of hydrogen-bond donors (Lipinski definition) is 1. The number of fused-ring (bicyclic) bond motifs is 1. The lowest BCUT2D eigenvalue weighted by molar-refractivity contribution is 0.101. The first-order valence-electron chi connectivity index (χ1n) is 9.41. The summed E-state index contributed by atoms with van der Waals surface area (Å²) < 4.78 is 6.74. The molecule has 0 aliphatic rings. The highest BCUT2D eigenvalue weighted by Gasteiger charge is 2.21. The van der Waals surface area contributed by atoms with E-state index in [1.54, 1.807) is 19.2 Å². The number of carbonyl (C=O) groups is 1. The number of aromatic nitrogens is 5. The van der Waals surface area contributed by atoms with E-state index >= 15 is 0 Å². The Morgan fingerprint density at radius 1 is 1.06 bits per heavy atom. The number of nitrogen functional groups attached to an aromatic ring is 1. The number of nitrogens with two attached hydrogens (primary N) is 1. The Labute approximate surface area is 181 Å². The zero-order chi connectivity index (χ0) is 21.4. The fourth-order valence-electron chi connectivity index (χ4n) is 3.27. The molecule has 0 saturated heterocycles. The standard InChI is InChI=1S/C22H16N6O2S/c1-13(29)14-6-5-9-16(10-14)31-19-11-18-17(12-24-19)25-22(20-21(23)27-30-26-20)28(18)15-7-3-2-4-8-15/h2-12H,1H3,(H2,23,27). The molecule has 0 radical (unpaired) electrons. The molecule has 3 heterocycles. The Bertz CT molecular complexity index is 1410. The Hall–Kier alpha value is -3.98. The number of anilines is 1. The molecule has 0 atom stereocenters. The molecule has 5 aromatic rings. The summed E-state index contributed by atoms with van der Waals surface area (Å²) in [6, 6.07) is 19.2. The minimum absolute atomic E-state index is 0.0245. The van der Waals surface area contributed by atoms with Crippen LogP contribution in [0.15, 0.2) is 81.4 Å². The Morgan fingerprint density at radius 2 is 1.90 bits per heavy atom. The van der Waals surface area contributed by atoms with Crippen LogP contribution >= 0.6 is 11.8 Å². The molecule has 2 aromatic carbocycles. The highest BCUT2D eigenvalue weighted by atomic mass is 32.2. The van der Waals surface area contributed by atoms with Crippen LogP contribution in [0, 0.1) is 0 Å². The fourth-order valence-corrected chi connectivity index (χ4v) is 4.12. The molecule has 152 valence electrons. The van der Waals surface area contributed by atoms with Crippen molar-refractivity contribution < 1.29 is 9.42 Å². The zero-order valence-corrected chi connectivity index (χ0v) is 17.2. The maximum Gasteiger partial charge on any atom is 0.199 e. The third-order valence-electron chi connectivity index (χ3n) is 4.72. The van der Waals surface area contributed by atoms with Crippen LogP contribution in [0.3, 0.4) is 0 Å². The minimum atomic E-state index is 0.0245. The van der Waals surface area contributed by atoms with E-state index in [4.69, 9.17) is 10.4 Å². The van der Waals surface area contributed by atoms with Crippen molar-refractivity contribution in [2.45, 2.75) is 16.8 Å². The van der Waals surface area contributed by atoms with Gasteiger partial charge in [-0.2, -0.15) is 0 Å². The summed E-state index contributed by atoms with van der Waals surface area (Å²) in [5.41, 5.74) is 9.38. The highest BCUT2D eigenvalue weighted by molar-refractivity contribution is 7.99. The van der Waals surface area contributed by atoms with E-state index in [2.05, 4.69) is 20.3 Å². The fraction of sp³-hybridized carbons (Fsp3) is 0.0455. The number of nitrogens with zero attached hydrogens (tertiary/aromatic N) is 5. The van der Waals surface area contributed by atoms with Crippen molar-refractivity contribution in [1.82, 2.24) is 24.8 Å². The van der Waals surface area contributed by atoms with Gasteiger partial charge in [0, 0.05) is 16.1 Å². The van der Waals surface area contributed by atoms with E-state index in [1.807, 2.05) is 59.2 Å². The number of pyridine rings is 1. The lowest BCUT2D eigenvalue weighted by atomic mass is 10.2. The van der Waals surface area contributed by atoms with Gasteiger partial charge in [0.15, 0.2) is 23.1 Å². The van der Waals surface area contributed by atoms with Crippen LogP contribution in [0.4, 0.5) is 5.82 Å². The number of rotatable bonds is 5. The number of imidazole rings is 1. The number of Topliss-reactive ketones (excluding diaryl/α,β-unsaturated/α-hetero) is 1. The van der Waals surface area contributed by atoms with Crippen molar-refractivity contribution in [2.24, 2.45) is 0 Å². The summed E-state index contributed by atoms with van der Waals surface area (Å²) in [4.78, 5) is 21.9. The van der Waals surface area contributed by atoms with Gasteiger partial charge in [0.2, 0.25) is 0 Å². The van der Waals surface area contributed by atoms with E-state index < -0.39 is 0 Å². The summed E-state index contributed by atoms with van der Waals surface area (Å²) in [6.07, 6.45) is 1.71. The smallest absolute Gasteiger partial charge is 0.199 e. The lowest BCUT2D eigenvalue weighted by Gasteiger charge is -2.08. The Kier molecular flexibility index (Phi) is 4.72. The van der Waals surface area contributed by atoms with Crippen LogP contribution in [-0.4, -0.2) is 30.6 Å². The lowest BCUT2D eigenvalue weighted by Crippen LogP contribution is -1.99. The first kappa shape index (κ1) is 19.0. The van der Waals surface area contributed by atoms with Gasteiger partial charge in [-0.3, -0.25) is 9.36 Å². The zero-order valence-electron chi connectivity index (χ0n) is 16.4. The van der Waals surface area contributed by atoms with Crippen molar-refractivity contribution in [1.29, 1.82) is 0 Å². The summed E-state index contributed by atoms with van der Waals surface area (Å²) in [5.74, 6) is 0.704. The van der Waals surface area contributed by atoms with Gasteiger partial charge in [-0.25, -0.2) is 14.6 Å². The van der Waals surface area contributed by atoms with Crippen LogP contribution in [-0.2, 0) is 0 Å². The first-order chi connectivity index (χ1) is 15.1. The summed E-state index contributed by atoms with van der Waals surface area (Å²) >= 11 is 1.47. The molecule has 0 fully saturated rings. The normalized spacial score (nSPS) is 11.1. The molecule has 0 aliphatic heterocycles. The molecular weight excluding hydrogens is 412 g/mol. The van der Waals surface area contributed by atoms with Gasteiger partial charge >= 0.3 is 0 Å².